The fourth-order valence-electron chi connectivity index (χ4n) is 1.41. The van der Waals surface area contributed by atoms with Crippen LogP contribution in [0.3, 0.4) is 0 Å². The highest BCUT2D eigenvalue weighted by Crippen LogP contribution is 2.27. The number of esters is 1. The first-order valence-corrected chi connectivity index (χ1v) is 5.20. The second kappa shape index (κ2) is 4.42. The van der Waals surface area contributed by atoms with Crippen molar-refractivity contribution in [2.24, 2.45) is 0 Å². The molecule has 3 heteroatoms. The Hall–Kier alpha value is -0.830. The minimum absolute atomic E-state index is 0.0868. The highest BCUT2D eigenvalue weighted by molar-refractivity contribution is 7.10. The lowest BCUT2D eigenvalue weighted by atomic mass is 9.98. The Morgan fingerprint density at radius 3 is 2.77 bits per heavy atom. The molecule has 1 unspecified atom stereocenters. The van der Waals surface area contributed by atoms with Gasteiger partial charge >= 0.3 is 5.97 Å². The summed E-state index contributed by atoms with van der Waals surface area (Å²) in [5.74, 6) is -0.222. The first kappa shape index (κ1) is 10.3. The van der Waals surface area contributed by atoms with E-state index in [1.54, 1.807) is 11.3 Å². The number of carbonyl (C=O) groups is 1. The summed E-state index contributed by atoms with van der Waals surface area (Å²) in [7, 11) is 1.44. The average Bonchev–Trinajstić information content (AvgIpc) is 2.53. The minimum atomic E-state index is -0.135. The smallest absolute Gasteiger partial charge is 0.313 e. The van der Waals surface area contributed by atoms with Crippen LogP contribution in [0.25, 0.3) is 0 Å². The van der Waals surface area contributed by atoms with E-state index in [0.717, 1.165) is 12.0 Å². The van der Waals surface area contributed by atoms with E-state index in [0.29, 0.717) is 0 Å². The van der Waals surface area contributed by atoms with Crippen LogP contribution in [0.2, 0.25) is 0 Å². The lowest BCUT2D eigenvalue weighted by molar-refractivity contribution is -0.142. The molecule has 72 valence electrons. The number of thiophene rings is 1. The Labute approximate surface area is 82.5 Å². The molecule has 0 aromatic carbocycles. The Bertz CT molecular complexity index is 291. The van der Waals surface area contributed by atoms with Gasteiger partial charge in [-0.2, -0.15) is 0 Å². The molecule has 1 atom stereocenters. The maximum atomic E-state index is 11.4. The third-order valence-corrected chi connectivity index (χ3v) is 3.03. The first-order valence-electron chi connectivity index (χ1n) is 4.32. The molecule has 0 saturated heterocycles. The van der Waals surface area contributed by atoms with Crippen LogP contribution in [0.5, 0.6) is 0 Å². The lowest BCUT2D eigenvalue weighted by Crippen LogP contribution is -2.13. The highest BCUT2D eigenvalue weighted by atomic mass is 32.1. The number of ether oxygens (including phenoxy) is 1. The van der Waals surface area contributed by atoms with Gasteiger partial charge in [0.05, 0.1) is 13.0 Å². The number of hydrogen-bond donors (Lipinski definition) is 0. The molecule has 0 aliphatic heterocycles. The van der Waals surface area contributed by atoms with Gasteiger partial charge in [0.2, 0.25) is 0 Å². The molecule has 0 amide bonds. The number of carbonyl (C=O) groups excluding carboxylic acids is 1. The van der Waals surface area contributed by atoms with Gasteiger partial charge in [0.1, 0.15) is 0 Å². The first-order chi connectivity index (χ1) is 6.20. The van der Waals surface area contributed by atoms with Crippen molar-refractivity contribution in [1.82, 2.24) is 0 Å². The molecular weight excluding hydrogens is 184 g/mol. The maximum Gasteiger partial charge on any atom is 0.313 e. The Morgan fingerprint density at radius 2 is 2.38 bits per heavy atom. The quantitative estimate of drug-likeness (QED) is 0.698. The van der Waals surface area contributed by atoms with Gasteiger partial charge in [0.25, 0.3) is 0 Å². The fourth-order valence-corrected chi connectivity index (χ4v) is 2.18. The second-order valence-corrected chi connectivity index (χ2v) is 4.04. The zero-order chi connectivity index (χ0) is 9.84. The van der Waals surface area contributed by atoms with Crippen LogP contribution in [-0.2, 0) is 9.53 Å². The summed E-state index contributed by atoms with van der Waals surface area (Å²) in [4.78, 5) is 12.6. The molecule has 1 aromatic rings. The van der Waals surface area contributed by atoms with Gasteiger partial charge < -0.3 is 4.74 Å². The summed E-state index contributed by atoms with van der Waals surface area (Å²) in [6.07, 6.45) is 0.796. The monoisotopic (exact) mass is 198 g/mol. The zero-order valence-corrected chi connectivity index (χ0v) is 8.98. The summed E-state index contributed by atoms with van der Waals surface area (Å²) in [6, 6.07) is 2.01. The number of aryl methyl sites for hydroxylation is 1. The largest absolute Gasteiger partial charge is 0.469 e. The molecule has 1 aromatic heterocycles. The third kappa shape index (κ3) is 2.10. The van der Waals surface area contributed by atoms with Crippen LogP contribution in [0, 0.1) is 6.92 Å². The number of rotatable bonds is 3. The SMILES string of the molecule is CCC(C(=O)OC)c1ccsc1C. The molecule has 2 nitrogen and oxygen atoms in total. The predicted octanol–water partition coefficient (Wildman–Crippen LogP) is 2.72. The molecule has 0 radical (unpaired) electrons. The molecule has 0 aliphatic carbocycles. The van der Waals surface area contributed by atoms with E-state index < -0.39 is 0 Å². The van der Waals surface area contributed by atoms with Crippen molar-refractivity contribution >= 4 is 17.3 Å². The van der Waals surface area contributed by atoms with E-state index in [-0.39, 0.29) is 11.9 Å². The van der Waals surface area contributed by atoms with Gasteiger partial charge in [0.15, 0.2) is 0 Å². The van der Waals surface area contributed by atoms with E-state index in [9.17, 15) is 4.79 Å². The summed E-state index contributed by atoms with van der Waals surface area (Å²) >= 11 is 1.67. The van der Waals surface area contributed by atoms with E-state index in [2.05, 4.69) is 0 Å². The highest BCUT2D eigenvalue weighted by Gasteiger charge is 2.21. The molecule has 0 spiro atoms. The number of methoxy groups -OCH3 is 1. The van der Waals surface area contributed by atoms with Gasteiger partial charge in [-0.1, -0.05) is 6.92 Å². The van der Waals surface area contributed by atoms with E-state index in [1.165, 1.54) is 12.0 Å². The molecule has 0 aliphatic rings. The predicted molar refractivity (Wildman–Crippen MR) is 54.1 cm³/mol. The van der Waals surface area contributed by atoms with Gasteiger partial charge in [-0.15, -0.1) is 11.3 Å². The molecule has 0 bridgehead atoms. The normalized spacial score (nSPS) is 12.5. The fraction of sp³-hybridized carbons (Fsp3) is 0.500. The Kier molecular flexibility index (Phi) is 3.48. The Balaban J connectivity index is 2.90. The van der Waals surface area contributed by atoms with Crippen molar-refractivity contribution in [1.29, 1.82) is 0 Å². The van der Waals surface area contributed by atoms with Gasteiger partial charge in [-0.05, 0) is 30.4 Å². The molecule has 0 N–H and O–H groups in total. The summed E-state index contributed by atoms with van der Waals surface area (Å²) < 4.78 is 4.75. The standard InChI is InChI=1S/C10H14O2S/c1-4-8(10(11)12-3)9-5-6-13-7(9)2/h5-6,8H,4H2,1-3H3. The average molecular weight is 198 g/mol. The topological polar surface area (TPSA) is 26.3 Å². The molecule has 1 rings (SSSR count). The zero-order valence-electron chi connectivity index (χ0n) is 8.16. The molecular formula is C10H14O2S. The van der Waals surface area contributed by atoms with Crippen LogP contribution < -0.4 is 0 Å². The van der Waals surface area contributed by atoms with Crippen LogP contribution in [0.1, 0.15) is 29.7 Å². The maximum absolute atomic E-state index is 11.4. The molecule has 13 heavy (non-hydrogen) atoms. The van der Waals surface area contributed by atoms with E-state index in [1.807, 2.05) is 25.3 Å². The van der Waals surface area contributed by atoms with Gasteiger partial charge in [-0.25, -0.2) is 0 Å². The van der Waals surface area contributed by atoms with Gasteiger partial charge in [0, 0.05) is 4.88 Å². The van der Waals surface area contributed by atoms with Crippen molar-refractivity contribution < 1.29 is 9.53 Å². The van der Waals surface area contributed by atoms with Crippen LogP contribution in [0.15, 0.2) is 11.4 Å². The van der Waals surface area contributed by atoms with Crippen molar-refractivity contribution in [3.8, 4) is 0 Å². The van der Waals surface area contributed by atoms with Crippen molar-refractivity contribution in [3.63, 3.8) is 0 Å². The summed E-state index contributed by atoms with van der Waals surface area (Å²) in [6.45, 7) is 4.03. The van der Waals surface area contributed by atoms with Crippen LogP contribution in [-0.4, -0.2) is 13.1 Å². The molecule has 0 saturated carbocycles. The number of hydrogen-bond acceptors (Lipinski definition) is 3. The van der Waals surface area contributed by atoms with Crippen LogP contribution in [0.4, 0.5) is 0 Å². The minimum Gasteiger partial charge on any atom is -0.469 e. The lowest BCUT2D eigenvalue weighted by Gasteiger charge is -2.11. The second-order valence-electron chi connectivity index (χ2n) is 2.92. The van der Waals surface area contributed by atoms with Gasteiger partial charge in [-0.3, -0.25) is 4.79 Å². The summed E-state index contributed by atoms with van der Waals surface area (Å²) in [5.41, 5.74) is 1.11. The van der Waals surface area contributed by atoms with Crippen molar-refractivity contribution in [2.45, 2.75) is 26.2 Å². The van der Waals surface area contributed by atoms with E-state index in [4.69, 9.17) is 4.74 Å². The summed E-state index contributed by atoms with van der Waals surface area (Å²) in [5, 5.41) is 2.01. The van der Waals surface area contributed by atoms with E-state index >= 15 is 0 Å². The Morgan fingerprint density at radius 1 is 1.69 bits per heavy atom. The molecule has 0 fully saturated rings. The van der Waals surface area contributed by atoms with Crippen molar-refractivity contribution in [2.75, 3.05) is 7.11 Å². The van der Waals surface area contributed by atoms with Crippen LogP contribution >= 0.6 is 11.3 Å². The third-order valence-electron chi connectivity index (χ3n) is 2.17. The van der Waals surface area contributed by atoms with Crippen molar-refractivity contribution in [3.05, 3.63) is 21.9 Å². The molecule has 1 heterocycles.